The molecule has 33 heavy (non-hydrogen) atoms. The van der Waals surface area contributed by atoms with Gasteiger partial charge in [-0.05, 0) is 52.8 Å². The average molecular weight is 494 g/mol. The van der Waals surface area contributed by atoms with Gasteiger partial charge in [-0.2, -0.15) is 0 Å². The second kappa shape index (κ2) is 10.4. The molecule has 180 valence electrons. The standard InChI is InChI=1S/C23H32ClN5O3S/c1-15(2)29-21(32)17-7-6-16(24)12-18(17)25-22(29)33-14-20(31)28-10-8-27(9-11-28)13-19(30)26-23(3,4)5/h6-7,12,15H,8-11,13-14H2,1-5H3,(H,26,30). The van der Waals surface area contributed by atoms with Crippen molar-refractivity contribution >= 4 is 46.1 Å². The van der Waals surface area contributed by atoms with Crippen molar-refractivity contribution in [2.75, 3.05) is 38.5 Å². The van der Waals surface area contributed by atoms with Crippen molar-refractivity contribution in [3.05, 3.63) is 33.6 Å². The first-order chi connectivity index (χ1) is 15.4. The van der Waals surface area contributed by atoms with Gasteiger partial charge in [-0.1, -0.05) is 23.4 Å². The number of carbonyl (C=O) groups is 2. The predicted octanol–water partition coefficient (Wildman–Crippen LogP) is 2.78. The zero-order chi connectivity index (χ0) is 24.3. The molecule has 8 nitrogen and oxygen atoms in total. The fourth-order valence-corrected chi connectivity index (χ4v) is 4.94. The van der Waals surface area contributed by atoms with Crippen LogP contribution in [0, 0.1) is 0 Å². The molecule has 1 N–H and O–H groups in total. The monoisotopic (exact) mass is 493 g/mol. The third-order valence-corrected chi connectivity index (χ3v) is 6.45. The van der Waals surface area contributed by atoms with Crippen LogP contribution < -0.4 is 10.9 Å². The van der Waals surface area contributed by atoms with Gasteiger partial charge < -0.3 is 10.2 Å². The van der Waals surface area contributed by atoms with Crippen molar-refractivity contribution in [1.82, 2.24) is 24.7 Å². The van der Waals surface area contributed by atoms with Gasteiger partial charge in [-0.3, -0.25) is 23.9 Å². The van der Waals surface area contributed by atoms with Crippen molar-refractivity contribution in [2.45, 2.75) is 51.4 Å². The number of nitrogens with one attached hydrogen (secondary N) is 1. The molecule has 0 bridgehead atoms. The largest absolute Gasteiger partial charge is 0.350 e. The molecule has 0 unspecified atom stereocenters. The molecule has 2 aromatic rings. The Morgan fingerprint density at radius 1 is 1.18 bits per heavy atom. The average Bonchev–Trinajstić information content (AvgIpc) is 2.70. The van der Waals surface area contributed by atoms with E-state index in [1.807, 2.05) is 34.6 Å². The van der Waals surface area contributed by atoms with Crippen LogP contribution in [0.3, 0.4) is 0 Å². The van der Waals surface area contributed by atoms with Crippen molar-refractivity contribution in [1.29, 1.82) is 0 Å². The lowest BCUT2D eigenvalue weighted by Gasteiger charge is -2.35. The molecule has 1 aromatic heterocycles. The molecule has 2 amide bonds. The fraction of sp³-hybridized carbons (Fsp3) is 0.565. The van der Waals surface area contributed by atoms with Crippen molar-refractivity contribution < 1.29 is 9.59 Å². The second-order valence-electron chi connectivity index (χ2n) is 9.57. The maximum Gasteiger partial charge on any atom is 0.262 e. The molecule has 0 aliphatic carbocycles. The molecule has 2 heterocycles. The summed E-state index contributed by atoms with van der Waals surface area (Å²) in [6.07, 6.45) is 0. The van der Waals surface area contributed by atoms with Crippen molar-refractivity contribution in [3.8, 4) is 0 Å². The molecule has 1 aliphatic heterocycles. The lowest BCUT2D eigenvalue weighted by atomic mass is 10.1. The van der Waals surface area contributed by atoms with E-state index >= 15 is 0 Å². The minimum absolute atomic E-state index is 0.00506. The smallest absolute Gasteiger partial charge is 0.262 e. The number of aromatic nitrogens is 2. The van der Waals surface area contributed by atoms with Crippen LogP contribution in [0.4, 0.5) is 0 Å². The van der Waals surface area contributed by atoms with Crippen LogP contribution in [0.25, 0.3) is 10.9 Å². The van der Waals surface area contributed by atoms with Crippen LogP contribution >= 0.6 is 23.4 Å². The maximum atomic E-state index is 13.0. The molecule has 1 fully saturated rings. The van der Waals surface area contributed by atoms with E-state index in [1.54, 1.807) is 27.7 Å². The SMILES string of the molecule is CC(C)n1c(SCC(=O)N2CCN(CC(=O)NC(C)(C)C)CC2)nc2cc(Cl)ccc2c1=O. The van der Waals surface area contributed by atoms with Gasteiger partial charge in [0.15, 0.2) is 5.16 Å². The summed E-state index contributed by atoms with van der Waals surface area (Å²) in [6.45, 7) is 12.5. The Labute approximate surface area is 203 Å². The number of amides is 2. The van der Waals surface area contributed by atoms with Gasteiger partial charge in [-0.15, -0.1) is 0 Å². The second-order valence-corrected chi connectivity index (χ2v) is 10.9. The third kappa shape index (κ3) is 6.71. The molecule has 1 aliphatic rings. The van der Waals surface area contributed by atoms with Gasteiger partial charge in [0.25, 0.3) is 5.56 Å². The predicted molar refractivity (Wildman–Crippen MR) is 133 cm³/mol. The Bertz CT molecular complexity index is 1090. The topological polar surface area (TPSA) is 87.5 Å². The van der Waals surface area contributed by atoms with Gasteiger partial charge in [0.2, 0.25) is 11.8 Å². The highest BCUT2D eigenvalue weighted by molar-refractivity contribution is 7.99. The number of hydrogen-bond donors (Lipinski definition) is 1. The first kappa shape index (κ1) is 25.5. The molecule has 1 aromatic carbocycles. The Morgan fingerprint density at radius 2 is 1.85 bits per heavy atom. The number of rotatable bonds is 6. The summed E-state index contributed by atoms with van der Waals surface area (Å²) in [7, 11) is 0. The van der Waals surface area contributed by atoms with E-state index < -0.39 is 0 Å². The van der Waals surface area contributed by atoms with Gasteiger partial charge in [0.1, 0.15) is 0 Å². The molecule has 0 spiro atoms. The highest BCUT2D eigenvalue weighted by Gasteiger charge is 2.24. The Balaban J connectivity index is 1.62. The lowest BCUT2D eigenvalue weighted by molar-refractivity contribution is -0.130. The summed E-state index contributed by atoms with van der Waals surface area (Å²) in [5, 5.41) is 4.50. The Kier molecular flexibility index (Phi) is 8.08. The van der Waals surface area contributed by atoms with Gasteiger partial charge in [-0.25, -0.2) is 4.98 Å². The molecule has 0 saturated carbocycles. The third-order valence-electron chi connectivity index (χ3n) is 5.28. The van der Waals surface area contributed by atoms with E-state index in [-0.39, 0.29) is 34.7 Å². The molecular weight excluding hydrogens is 462 g/mol. The molecule has 10 heteroatoms. The summed E-state index contributed by atoms with van der Waals surface area (Å²) in [5.41, 5.74) is 0.135. The summed E-state index contributed by atoms with van der Waals surface area (Å²) < 4.78 is 1.62. The zero-order valence-corrected chi connectivity index (χ0v) is 21.4. The van der Waals surface area contributed by atoms with E-state index in [9.17, 15) is 14.4 Å². The first-order valence-electron chi connectivity index (χ1n) is 11.1. The van der Waals surface area contributed by atoms with Crippen LogP contribution in [-0.2, 0) is 9.59 Å². The summed E-state index contributed by atoms with van der Waals surface area (Å²) >= 11 is 7.35. The Morgan fingerprint density at radius 3 is 2.45 bits per heavy atom. The lowest BCUT2D eigenvalue weighted by Crippen LogP contribution is -2.53. The molecule has 1 saturated heterocycles. The normalized spacial score (nSPS) is 15.3. The van der Waals surface area contributed by atoms with Crippen molar-refractivity contribution in [2.24, 2.45) is 0 Å². The van der Waals surface area contributed by atoms with E-state index in [2.05, 4.69) is 15.2 Å². The maximum absolute atomic E-state index is 13.0. The number of piperazine rings is 1. The van der Waals surface area contributed by atoms with E-state index in [4.69, 9.17) is 11.6 Å². The van der Waals surface area contributed by atoms with Crippen LogP contribution in [0.2, 0.25) is 5.02 Å². The zero-order valence-electron chi connectivity index (χ0n) is 19.9. The quantitative estimate of drug-likeness (QED) is 0.492. The Hall–Kier alpha value is -2.10. The number of hydrogen-bond acceptors (Lipinski definition) is 6. The summed E-state index contributed by atoms with van der Waals surface area (Å²) in [6, 6.07) is 4.95. The highest BCUT2D eigenvalue weighted by atomic mass is 35.5. The van der Waals surface area contributed by atoms with Gasteiger partial charge in [0.05, 0.1) is 23.2 Å². The fourth-order valence-electron chi connectivity index (χ4n) is 3.74. The highest BCUT2D eigenvalue weighted by Crippen LogP contribution is 2.23. The van der Waals surface area contributed by atoms with Crippen LogP contribution in [-0.4, -0.2) is 75.2 Å². The van der Waals surface area contributed by atoms with Gasteiger partial charge >= 0.3 is 0 Å². The number of nitrogens with zero attached hydrogens (tertiary/aromatic N) is 4. The molecular formula is C23H32ClN5O3S. The molecule has 0 radical (unpaired) electrons. The van der Waals surface area contributed by atoms with E-state index in [0.29, 0.717) is 53.8 Å². The summed E-state index contributed by atoms with van der Waals surface area (Å²) in [5.74, 6) is 0.178. The van der Waals surface area contributed by atoms with Crippen LogP contribution in [0.5, 0.6) is 0 Å². The minimum atomic E-state index is -0.259. The number of halogens is 1. The molecule has 3 rings (SSSR count). The number of carbonyl (C=O) groups excluding carboxylic acids is 2. The molecule has 0 atom stereocenters. The van der Waals surface area contributed by atoms with Crippen LogP contribution in [0.15, 0.2) is 28.2 Å². The minimum Gasteiger partial charge on any atom is -0.350 e. The summed E-state index contributed by atoms with van der Waals surface area (Å²) in [4.78, 5) is 46.5. The number of thioether (sulfide) groups is 1. The van der Waals surface area contributed by atoms with E-state index in [1.165, 1.54) is 11.8 Å². The number of benzene rings is 1. The first-order valence-corrected chi connectivity index (χ1v) is 12.5. The van der Waals surface area contributed by atoms with Crippen molar-refractivity contribution in [3.63, 3.8) is 0 Å². The van der Waals surface area contributed by atoms with E-state index in [0.717, 1.165) is 0 Å². The van der Waals surface area contributed by atoms with Crippen LogP contribution in [0.1, 0.15) is 40.7 Å². The van der Waals surface area contributed by atoms with Gasteiger partial charge in [0, 0.05) is 42.8 Å². The number of fused-ring (bicyclic) bond motifs is 1.